The van der Waals surface area contributed by atoms with Gasteiger partial charge in [-0.2, -0.15) is 0 Å². The van der Waals surface area contributed by atoms with E-state index in [0.717, 1.165) is 49.7 Å². The third-order valence-corrected chi connectivity index (χ3v) is 9.07. The maximum Gasteiger partial charge on any atom is 0.192 e. The lowest BCUT2D eigenvalue weighted by Crippen LogP contribution is -2.43. The summed E-state index contributed by atoms with van der Waals surface area (Å²) in [7, 11) is 6.44. The fourth-order valence-corrected chi connectivity index (χ4v) is 6.47. The third kappa shape index (κ3) is 11.7. The second kappa shape index (κ2) is 19.3. The van der Waals surface area contributed by atoms with Crippen LogP contribution in [0.25, 0.3) is 0 Å². The van der Waals surface area contributed by atoms with E-state index in [2.05, 4.69) is 22.5 Å². The van der Waals surface area contributed by atoms with Gasteiger partial charge >= 0.3 is 0 Å². The zero-order chi connectivity index (χ0) is 35.1. The van der Waals surface area contributed by atoms with Crippen LogP contribution in [0, 0.1) is 11.8 Å². The molecule has 0 radical (unpaired) electrons. The number of aryl methyl sites for hydroxylation is 1. The molecule has 1 aliphatic carbocycles. The monoisotopic (exact) mass is 668 g/mol. The number of ether oxygens (including phenoxy) is 3. The Labute approximate surface area is 285 Å². The summed E-state index contributed by atoms with van der Waals surface area (Å²) in [4.78, 5) is 17.0. The molecular formula is C37H56N4O7. The number of likely N-dealkylation sites (N-methyl/N-ethyl adjacent to an activating group) is 1. The number of nitrogens with one attached hydrogen (secondary N) is 2. The average molecular weight is 669 g/mol. The van der Waals surface area contributed by atoms with Gasteiger partial charge in [0.05, 0.1) is 12.8 Å². The van der Waals surface area contributed by atoms with Crippen LogP contribution in [0.3, 0.4) is 0 Å². The number of hydrogen-bond donors (Lipinski definition) is 6. The first-order valence-corrected chi connectivity index (χ1v) is 17.0. The number of rotatable bonds is 20. The van der Waals surface area contributed by atoms with Crippen LogP contribution in [-0.4, -0.2) is 73.8 Å². The number of allylic oxidation sites excluding steroid dienone is 2. The lowest BCUT2D eigenvalue weighted by atomic mass is 9.92. The predicted octanol–water partition coefficient (Wildman–Crippen LogP) is 5.45. The molecule has 0 spiro atoms. The molecule has 0 unspecified atom stereocenters. The number of carbonyl (C=O) groups is 1. The van der Waals surface area contributed by atoms with Crippen molar-refractivity contribution in [3.05, 3.63) is 53.6 Å². The molecular weight excluding hydrogens is 612 g/mol. The first-order valence-electron chi connectivity index (χ1n) is 17.0. The number of carbonyl (C=O) groups excluding carboxylic acids is 1. The average Bonchev–Trinajstić information content (AvgIpc) is 3.46. The first kappa shape index (κ1) is 38.6. The maximum atomic E-state index is 12.9. The molecule has 7 N–H and O–H groups in total. The van der Waals surface area contributed by atoms with Crippen LogP contribution in [-0.2, 0) is 22.4 Å². The van der Waals surface area contributed by atoms with Crippen LogP contribution in [0.5, 0.6) is 23.0 Å². The number of guanidine groups is 1. The van der Waals surface area contributed by atoms with E-state index >= 15 is 0 Å². The van der Waals surface area contributed by atoms with Gasteiger partial charge in [0.1, 0.15) is 5.60 Å². The number of ketones is 1. The SMILES string of the molecule is CCCCC[C@H](C=CC(=O)CCc1ccc(O)c(OC)c1)Cc1cc(NC(N)=NC)c(O)c(O[C@@]2(CNC)CC[C@H](C[C@H](O)OC)C2)c1. The summed E-state index contributed by atoms with van der Waals surface area (Å²) in [5.74, 6) is 1.21. The number of anilines is 1. The summed E-state index contributed by atoms with van der Waals surface area (Å²) in [6, 6.07) is 8.87. The molecule has 0 amide bonds. The summed E-state index contributed by atoms with van der Waals surface area (Å²) in [5.41, 5.74) is 7.67. The Bertz CT molecular complexity index is 1380. The van der Waals surface area contributed by atoms with E-state index in [1.54, 1.807) is 31.3 Å². The summed E-state index contributed by atoms with van der Waals surface area (Å²) < 4.78 is 17.0. The Balaban J connectivity index is 1.85. The van der Waals surface area contributed by atoms with Crippen LogP contribution < -0.4 is 25.8 Å². The van der Waals surface area contributed by atoms with Crippen molar-refractivity contribution >= 4 is 17.4 Å². The fourth-order valence-electron chi connectivity index (χ4n) is 6.47. The highest BCUT2D eigenvalue weighted by Crippen LogP contribution is 2.44. The van der Waals surface area contributed by atoms with Gasteiger partial charge in [-0.05, 0) is 98.9 Å². The van der Waals surface area contributed by atoms with Gasteiger partial charge in [0, 0.05) is 33.5 Å². The first-order chi connectivity index (χ1) is 23.0. The Morgan fingerprint density at radius 1 is 1.17 bits per heavy atom. The van der Waals surface area contributed by atoms with E-state index in [0.29, 0.717) is 55.8 Å². The van der Waals surface area contributed by atoms with E-state index in [1.165, 1.54) is 14.2 Å². The third-order valence-electron chi connectivity index (χ3n) is 9.07. The highest BCUT2D eigenvalue weighted by molar-refractivity contribution is 5.94. The molecule has 0 bridgehead atoms. The Morgan fingerprint density at radius 3 is 2.62 bits per heavy atom. The Kier molecular flexibility index (Phi) is 15.5. The van der Waals surface area contributed by atoms with Gasteiger partial charge in [-0.1, -0.05) is 38.3 Å². The summed E-state index contributed by atoms with van der Waals surface area (Å²) in [5, 5.41) is 37.6. The number of aliphatic hydroxyl groups is 1. The molecule has 48 heavy (non-hydrogen) atoms. The van der Waals surface area contributed by atoms with E-state index in [4.69, 9.17) is 19.9 Å². The second-order valence-electron chi connectivity index (χ2n) is 12.9. The normalized spacial score (nSPS) is 19.4. The van der Waals surface area contributed by atoms with Gasteiger partial charge in [-0.15, -0.1) is 0 Å². The highest BCUT2D eigenvalue weighted by atomic mass is 16.6. The Hall–Kier alpha value is -3.80. The van der Waals surface area contributed by atoms with Crippen LogP contribution >= 0.6 is 0 Å². The molecule has 0 aliphatic heterocycles. The van der Waals surface area contributed by atoms with Crippen LogP contribution in [0.4, 0.5) is 5.69 Å². The number of benzene rings is 2. The minimum Gasteiger partial charge on any atom is -0.504 e. The van der Waals surface area contributed by atoms with E-state index in [9.17, 15) is 20.1 Å². The van der Waals surface area contributed by atoms with E-state index < -0.39 is 11.9 Å². The highest BCUT2D eigenvalue weighted by Gasteiger charge is 2.42. The summed E-state index contributed by atoms with van der Waals surface area (Å²) in [6.07, 6.45) is 11.3. The van der Waals surface area contributed by atoms with Gasteiger partial charge < -0.3 is 45.9 Å². The molecule has 2 aromatic carbocycles. The molecule has 1 saturated carbocycles. The number of methoxy groups -OCH3 is 2. The van der Waals surface area contributed by atoms with Gasteiger partial charge in [0.25, 0.3) is 0 Å². The molecule has 11 heteroatoms. The van der Waals surface area contributed by atoms with Crippen molar-refractivity contribution in [1.29, 1.82) is 0 Å². The molecule has 0 saturated heterocycles. The number of hydrogen-bond acceptors (Lipinski definition) is 9. The van der Waals surface area contributed by atoms with Crippen molar-refractivity contribution in [3.8, 4) is 23.0 Å². The number of aliphatic hydroxyl groups excluding tert-OH is 1. The van der Waals surface area contributed by atoms with Crippen molar-refractivity contribution < 1.29 is 34.3 Å². The lowest BCUT2D eigenvalue weighted by molar-refractivity contribution is -0.114. The largest absolute Gasteiger partial charge is 0.504 e. The number of nitrogens with zero attached hydrogens (tertiary/aromatic N) is 1. The number of unbranched alkanes of at least 4 members (excludes halogenated alkanes) is 2. The van der Waals surface area contributed by atoms with E-state index in [-0.39, 0.29) is 35.1 Å². The molecule has 3 rings (SSSR count). The second-order valence-corrected chi connectivity index (χ2v) is 12.9. The standard InChI is InChI=1S/C37H56N4O7/c1-6-7-8-9-25(10-13-29(42)14-11-26-12-15-31(43)32(20-26)46-4)18-28-19-30(41-36(38)40-3)35(45)33(21-28)48-37(24-39-2)17-16-27(23-37)22-34(44)47-5/h10,12-13,15,19-21,25,27,34,39,43-45H,6-9,11,14,16-18,22-24H2,1-5H3,(H3,38,40,41)/t25-,27-,34-,37+/m1/s1. The van der Waals surface area contributed by atoms with Gasteiger partial charge in [-0.3, -0.25) is 9.79 Å². The summed E-state index contributed by atoms with van der Waals surface area (Å²) >= 11 is 0. The minimum atomic E-state index is -0.829. The van der Waals surface area contributed by atoms with Crippen molar-refractivity contribution in [2.75, 3.05) is 40.2 Å². The van der Waals surface area contributed by atoms with Crippen molar-refractivity contribution in [2.45, 2.75) is 89.4 Å². The van der Waals surface area contributed by atoms with E-state index in [1.807, 2.05) is 25.3 Å². The van der Waals surface area contributed by atoms with Crippen LogP contribution in [0.2, 0.25) is 0 Å². The fraction of sp³-hybridized carbons (Fsp3) is 0.568. The topological polar surface area (TPSA) is 168 Å². The van der Waals surface area contributed by atoms with Crippen molar-refractivity contribution in [3.63, 3.8) is 0 Å². The lowest BCUT2D eigenvalue weighted by Gasteiger charge is -2.32. The number of phenols is 2. The number of aromatic hydroxyl groups is 2. The van der Waals surface area contributed by atoms with Crippen LogP contribution in [0.1, 0.15) is 75.8 Å². The van der Waals surface area contributed by atoms with Crippen molar-refractivity contribution in [2.24, 2.45) is 22.6 Å². The van der Waals surface area contributed by atoms with Crippen molar-refractivity contribution in [1.82, 2.24) is 5.32 Å². The minimum absolute atomic E-state index is 0.0231. The molecule has 1 aliphatic rings. The molecule has 1 fully saturated rings. The molecule has 4 atom stereocenters. The zero-order valence-corrected chi connectivity index (χ0v) is 29.3. The number of phenolic OH excluding ortho intramolecular Hbond substituents is 2. The molecule has 11 nitrogen and oxygen atoms in total. The maximum absolute atomic E-state index is 12.9. The van der Waals surface area contributed by atoms with Crippen LogP contribution in [0.15, 0.2) is 47.5 Å². The molecule has 266 valence electrons. The summed E-state index contributed by atoms with van der Waals surface area (Å²) in [6.45, 7) is 2.73. The number of nitrogens with two attached hydrogens (primary N) is 1. The zero-order valence-electron chi connectivity index (χ0n) is 29.3. The quantitative estimate of drug-likeness (QED) is 0.0267. The molecule has 0 aromatic heterocycles. The van der Waals surface area contributed by atoms with Gasteiger partial charge in [0.15, 0.2) is 41.0 Å². The molecule has 0 heterocycles. The molecule has 2 aromatic rings. The van der Waals surface area contributed by atoms with Gasteiger partial charge in [0.2, 0.25) is 0 Å². The smallest absolute Gasteiger partial charge is 0.192 e. The predicted molar refractivity (Wildman–Crippen MR) is 190 cm³/mol. The number of aliphatic imine (C=N–C) groups is 1. The van der Waals surface area contributed by atoms with Gasteiger partial charge in [-0.25, -0.2) is 0 Å². The Morgan fingerprint density at radius 2 is 1.94 bits per heavy atom.